The van der Waals surface area contributed by atoms with E-state index in [1.165, 1.54) is 12.1 Å². The highest BCUT2D eigenvalue weighted by molar-refractivity contribution is 5.85. The van der Waals surface area contributed by atoms with Gasteiger partial charge in [-0.3, -0.25) is 14.4 Å². The largest absolute Gasteiger partial charge is 0.490 e. The lowest BCUT2D eigenvalue weighted by atomic mass is 9.90. The second kappa shape index (κ2) is 11.8. The van der Waals surface area contributed by atoms with Crippen molar-refractivity contribution in [2.24, 2.45) is 5.92 Å². The highest BCUT2D eigenvalue weighted by atomic mass is 19.1. The van der Waals surface area contributed by atoms with Gasteiger partial charge in [0, 0.05) is 71.0 Å². The van der Waals surface area contributed by atoms with Gasteiger partial charge in [-0.1, -0.05) is 6.42 Å². The van der Waals surface area contributed by atoms with Crippen LogP contribution in [0, 0.1) is 11.7 Å². The number of nitrogens with zero attached hydrogens (tertiary/aromatic N) is 4. The zero-order valence-electron chi connectivity index (χ0n) is 20.7. The first kappa shape index (κ1) is 25.4. The van der Waals surface area contributed by atoms with Crippen LogP contribution in [0.25, 0.3) is 0 Å². The van der Waals surface area contributed by atoms with Crippen LogP contribution in [0.1, 0.15) is 38.5 Å². The molecule has 1 aromatic carbocycles. The predicted octanol–water partition coefficient (Wildman–Crippen LogP) is 1.99. The maximum Gasteiger partial charge on any atom is 0.242 e. The van der Waals surface area contributed by atoms with E-state index in [1.807, 2.05) is 11.9 Å². The van der Waals surface area contributed by atoms with Crippen LogP contribution in [0.15, 0.2) is 24.3 Å². The molecule has 3 fully saturated rings. The minimum absolute atomic E-state index is 0.0483. The van der Waals surface area contributed by atoms with Crippen molar-refractivity contribution in [2.45, 2.75) is 44.6 Å². The van der Waals surface area contributed by atoms with E-state index >= 15 is 0 Å². The molecule has 0 saturated carbocycles. The quantitative estimate of drug-likeness (QED) is 0.613. The molecule has 192 valence electrons. The summed E-state index contributed by atoms with van der Waals surface area (Å²) in [5.41, 5.74) is 0. The Labute approximate surface area is 207 Å². The molecule has 0 aromatic heterocycles. The molecule has 3 aliphatic rings. The SMILES string of the molecule is CN1CCN(C(=O)C[C@H]2CN(C(=O)CN3CCCCCC3=O)CC[C@@H]2Oc2ccc(F)cc2)CC1. The van der Waals surface area contributed by atoms with Crippen molar-refractivity contribution in [1.82, 2.24) is 19.6 Å². The number of ether oxygens (including phenoxy) is 1. The minimum atomic E-state index is -0.331. The number of carbonyl (C=O) groups is 3. The molecule has 3 heterocycles. The average Bonchev–Trinajstić information content (AvgIpc) is 3.05. The van der Waals surface area contributed by atoms with Crippen molar-refractivity contribution >= 4 is 17.7 Å². The zero-order chi connectivity index (χ0) is 24.8. The van der Waals surface area contributed by atoms with Gasteiger partial charge in [0.2, 0.25) is 17.7 Å². The van der Waals surface area contributed by atoms with Crippen molar-refractivity contribution in [2.75, 3.05) is 59.4 Å². The number of benzene rings is 1. The number of likely N-dealkylation sites (N-methyl/N-ethyl adjacent to an activating group) is 1. The first-order valence-electron chi connectivity index (χ1n) is 12.8. The van der Waals surface area contributed by atoms with Crippen molar-refractivity contribution in [3.63, 3.8) is 0 Å². The molecule has 4 rings (SSSR count). The van der Waals surface area contributed by atoms with Crippen molar-refractivity contribution in [3.8, 4) is 5.75 Å². The van der Waals surface area contributed by atoms with Gasteiger partial charge in [0.25, 0.3) is 0 Å². The first-order valence-corrected chi connectivity index (χ1v) is 12.8. The third-order valence-corrected chi connectivity index (χ3v) is 7.41. The Bertz CT molecular complexity index is 888. The number of piperazine rings is 1. The number of likely N-dealkylation sites (tertiary alicyclic amines) is 2. The summed E-state index contributed by atoms with van der Waals surface area (Å²) in [5, 5.41) is 0. The van der Waals surface area contributed by atoms with Crippen molar-refractivity contribution in [3.05, 3.63) is 30.1 Å². The van der Waals surface area contributed by atoms with Gasteiger partial charge in [0.15, 0.2) is 0 Å². The van der Waals surface area contributed by atoms with Gasteiger partial charge in [0.05, 0.1) is 6.54 Å². The summed E-state index contributed by atoms with van der Waals surface area (Å²) in [5.74, 6) is 0.105. The molecule has 2 atom stereocenters. The monoisotopic (exact) mass is 488 g/mol. The zero-order valence-corrected chi connectivity index (χ0v) is 20.7. The number of amides is 3. The molecule has 0 radical (unpaired) electrons. The van der Waals surface area contributed by atoms with Crippen LogP contribution >= 0.6 is 0 Å². The number of hydrogen-bond acceptors (Lipinski definition) is 5. The van der Waals surface area contributed by atoms with E-state index in [9.17, 15) is 18.8 Å². The summed E-state index contributed by atoms with van der Waals surface area (Å²) >= 11 is 0. The molecule has 0 unspecified atom stereocenters. The molecule has 0 aliphatic carbocycles. The van der Waals surface area contributed by atoms with Gasteiger partial charge in [-0.25, -0.2) is 4.39 Å². The van der Waals surface area contributed by atoms with E-state index in [-0.39, 0.29) is 42.1 Å². The Morgan fingerprint density at radius 2 is 1.69 bits per heavy atom. The Kier molecular flexibility index (Phi) is 8.59. The van der Waals surface area contributed by atoms with E-state index in [4.69, 9.17) is 4.74 Å². The summed E-state index contributed by atoms with van der Waals surface area (Å²) < 4.78 is 19.5. The second-order valence-electron chi connectivity index (χ2n) is 10.0. The van der Waals surface area contributed by atoms with Crippen LogP contribution < -0.4 is 4.74 Å². The molecule has 0 N–H and O–H groups in total. The molecule has 0 bridgehead atoms. The molecule has 3 amide bonds. The number of carbonyl (C=O) groups excluding carboxylic acids is 3. The maximum atomic E-state index is 13.4. The Morgan fingerprint density at radius 1 is 0.943 bits per heavy atom. The standard InChI is InChI=1S/C26H37FN4O4/c1-28-13-15-29(16-14-28)25(33)17-20-18-31(26(34)19-30-11-4-2-3-5-24(30)32)12-10-23(20)35-22-8-6-21(27)7-9-22/h6-9,20,23H,2-5,10-19H2,1H3/t20-,23-/m0/s1. The molecular formula is C26H37FN4O4. The van der Waals surface area contributed by atoms with E-state index in [0.717, 1.165) is 32.4 Å². The fraction of sp³-hybridized carbons (Fsp3) is 0.654. The minimum Gasteiger partial charge on any atom is -0.490 e. The molecule has 3 aliphatic heterocycles. The summed E-state index contributed by atoms with van der Waals surface area (Å²) in [4.78, 5) is 46.2. The van der Waals surface area contributed by atoms with Crippen LogP contribution in [-0.2, 0) is 14.4 Å². The van der Waals surface area contributed by atoms with Crippen LogP contribution in [0.2, 0.25) is 0 Å². The highest BCUT2D eigenvalue weighted by Gasteiger charge is 2.36. The van der Waals surface area contributed by atoms with Gasteiger partial charge in [0.1, 0.15) is 17.7 Å². The van der Waals surface area contributed by atoms with E-state index in [0.29, 0.717) is 57.7 Å². The van der Waals surface area contributed by atoms with E-state index in [2.05, 4.69) is 4.90 Å². The molecule has 0 spiro atoms. The predicted molar refractivity (Wildman–Crippen MR) is 129 cm³/mol. The molecule has 1 aromatic rings. The third kappa shape index (κ3) is 6.93. The molecule has 35 heavy (non-hydrogen) atoms. The van der Waals surface area contributed by atoms with Gasteiger partial charge >= 0.3 is 0 Å². The molecule has 9 heteroatoms. The van der Waals surface area contributed by atoms with Crippen LogP contribution in [0.3, 0.4) is 0 Å². The summed E-state index contributed by atoms with van der Waals surface area (Å²) in [6.07, 6.45) is 3.95. The fourth-order valence-corrected chi connectivity index (χ4v) is 5.15. The maximum absolute atomic E-state index is 13.4. The molecule has 8 nitrogen and oxygen atoms in total. The third-order valence-electron chi connectivity index (χ3n) is 7.41. The lowest BCUT2D eigenvalue weighted by Gasteiger charge is -2.40. The summed E-state index contributed by atoms with van der Waals surface area (Å²) in [6, 6.07) is 5.90. The summed E-state index contributed by atoms with van der Waals surface area (Å²) in [6.45, 7) is 4.73. The lowest BCUT2D eigenvalue weighted by Crippen LogP contribution is -2.53. The fourth-order valence-electron chi connectivity index (χ4n) is 5.15. The van der Waals surface area contributed by atoms with E-state index in [1.54, 1.807) is 21.9 Å². The topological polar surface area (TPSA) is 73.4 Å². The number of halogens is 1. The smallest absolute Gasteiger partial charge is 0.242 e. The Morgan fingerprint density at radius 3 is 2.43 bits per heavy atom. The number of hydrogen-bond donors (Lipinski definition) is 0. The van der Waals surface area contributed by atoms with Crippen molar-refractivity contribution in [1.29, 1.82) is 0 Å². The Balaban J connectivity index is 1.42. The average molecular weight is 489 g/mol. The normalized spacial score (nSPS) is 24.3. The highest BCUT2D eigenvalue weighted by Crippen LogP contribution is 2.27. The Hall–Kier alpha value is -2.68. The second-order valence-corrected chi connectivity index (χ2v) is 10.0. The van der Waals surface area contributed by atoms with Gasteiger partial charge < -0.3 is 24.3 Å². The van der Waals surface area contributed by atoms with Gasteiger partial charge in [-0.15, -0.1) is 0 Å². The van der Waals surface area contributed by atoms with Gasteiger partial charge in [-0.2, -0.15) is 0 Å². The van der Waals surface area contributed by atoms with Crippen molar-refractivity contribution < 1.29 is 23.5 Å². The van der Waals surface area contributed by atoms with Crippen LogP contribution in [0.5, 0.6) is 5.75 Å². The van der Waals surface area contributed by atoms with Crippen LogP contribution in [0.4, 0.5) is 4.39 Å². The van der Waals surface area contributed by atoms with E-state index < -0.39 is 0 Å². The lowest BCUT2D eigenvalue weighted by molar-refractivity contribution is -0.143. The summed E-state index contributed by atoms with van der Waals surface area (Å²) in [7, 11) is 2.05. The first-order chi connectivity index (χ1) is 16.9. The number of rotatable bonds is 6. The molecular weight excluding hydrogens is 451 g/mol. The van der Waals surface area contributed by atoms with Gasteiger partial charge in [-0.05, 0) is 44.2 Å². The van der Waals surface area contributed by atoms with Crippen LogP contribution in [-0.4, -0.2) is 103 Å². The number of piperidine rings is 1. The molecule has 3 saturated heterocycles.